The van der Waals surface area contributed by atoms with E-state index in [1.807, 2.05) is 6.07 Å². The number of rotatable bonds is 2. The number of nitrogens with zero attached hydrogens (tertiary/aromatic N) is 2. The smallest absolute Gasteiger partial charge is 0.253 e. The molecule has 2 heterocycles. The molecule has 1 saturated heterocycles. The van der Waals surface area contributed by atoms with E-state index in [1.54, 1.807) is 30.6 Å². The molecule has 0 unspecified atom stereocenters. The van der Waals surface area contributed by atoms with Crippen LogP contribution in [0.3, 0.4) is 0 Å². The number of benzene rings is 1. The monoisotopic (exact) mass is 291 g/mol. The number of carbonyl (C=O) groups excluding carboxylic acids is 1. The number of hydrogen-bond acceptors (Lipinski definition) is 2. The second kappa shape index (κ2) is 5.27. The quantitative estimate of drug-likeness (QED) is 0.924. The summed E-state index contributed by atoms with van der Waals surface area (Å²) in [4.78, 5) is 21.0. The lowest BCUT2D eigenvalue weighted by atomic mass is 10.0. The van der Waals surface area contributed by atoms with Crippen LogP contribution in [0.2, 0.25) is 0 Å². The molecule has 1 aromatic heterocycles. The van der Waals surface area contributed by atoms with Gasteiger partial charge >= 0.3 is 0 Å². The Kier molecular flexibility index (Phi) is 3.45. The number of hydrogen-bond donors (Lipinski definition) is 1. The highest BCUT2D eigenvalue weighted by Crippen LogP contribution is 2.28. The second-order valence-corrected chi connectivity index (χ2v) is 5.17. The van der Waals surface area contributed by atoms with Crippen molar-refractivity contribution in [3.8, 4) is 11.4 Å². The van der Waals surface area contributed by atoms with Crippen LogP contribution in [-0.2, 0) is 0 Å². The van der Waals surface area contributed by atoms with Crippen molar-refractivity contribution in [2.45, 2.75) is 18.8 Å². The fraction of sp³-hybridized carbons (Fsp3) is 0.333. The molecule has 2 aromatic rings. The van der Waals surface area contributed by atoms with E-state index in [-0.39, 0.29) is 31.8 Å². The summed E-state index contributed by atoms with van der Waals surface area (Å²) in [6.07, 6.45) is 2.81. The number of H-pyrrole nitrogens is 1. The van der Waals surface area contributed by atoms with Crippen LogP contribution in [0.25, 0.3) is 11.4 Å². The Labute approximate surface area is 120 Å². The summed E-state index contributed by atoms with van der Waals surface area (Å²) in [5, 5.41) is 0. The van der Waals surface area contributed by atoms with Gasteiger partial charge in [0.2, 0.25) is 0 Å². The van der Waals surface area contributed by atoms with E-state index in [9.17, 15) is 13.6 Å². The van der Waals surface area contributed by atoms with Crippen molar-refractivity contribution < 1.29 is 13.6 Å². The van der Waals surface area contributed by atoms with Crippen molar-refractivity contribution in [3.05, 3.63) is 42.2 Å². The molecule has 1 aliphatic rings. The van der Waals surface area contributed by atoms with Gasteiger partial charge in [-0.15, -0.1) is 0 Å². The average molecular weight is 291 g/mol. The first-order valence-corrected chi connectivity index (χ1v) is 6.82. The van der Waals surface area contributed by atoms with Gasteiger partial charge in [-0.2, -0.15) is 0 Å². The van der Waals surface area contributed by atoms with Crippen molar-refractivity contribution >= 4 is 5.91 Å². The maximum atomic E-state index is 13.1. The summed E-state index contributed by atoms with van der Waals surface area (Å²) in [6, 6.07) is 7.04. The largest absolute Gasteiger partial charge is 0.345 e. The normalized spacial score (nSPS) is 17.7. The second-order valence-electron chi connectivity index (χ2n) is 5.17. The molecule has 4 nitrogen and oxygen atoms in total. The van der Waals surface area contributed by atoms with E-state index < -0.39 is 5.92 Å². The van der Waals surface area contributed by atoms with Crippen LogP contribution in [-0.4, -0.2) is 39.8 Å². The van der Waals surface area contributed by atoms with Gasteiger partial charge in [-0.25, -0.2) is 13.8 Å². The molecular formula is C15H15F2N3O. The molecule has 110 valence electrons. The van der Waals surface area contributed by atoms with E-state index in [1.165, 1.54) is 4.90 Å². The molecular weight excluding hydrogens is 276 g/mol. The van der Waals surface area contributed by atoms with Crippen LogP contribution in [0.5, 0.6) is 0 Å². The van der Waals surface area contributed by atoms with Gasteiger partial charge in [0.25, 0.3) is 11.8 Å². The maximum Gasteiger partial charge on any atom is 0.253 e. The summed E-state index contributed by atoms with van der Waals surface area (Å²) in [6.45, 7) is 0.188. The minimum atomic E-state index is -2.65. The van der Waals surface area contributed by atoms with Crippen LogP contribution >= 0.6 is 0 Å². The van der Waals surface area contributed by atoms with Crippen LogP contribution in [0.1, 0.15) is 23.2 Å². The molecule has 1 fully saturated rings. The van der Waals surface area contributed by atoms with Crippen molar-refractivity contribution in [1.82, 2.24) is 14.9 Å². The number of alkyl halides is 2. The number of amides is 1. The van der Waals surface area contributed by atoms with Crippen molar-refractivity contribution in [3.63, 3.8) is 0 Å². The Morgan fingerprint density at radius 1 is 1.29 bits per heavy atom. The van der Waals surface area contributed by atoms with E-state index >= 15 is 0 Å². The van der Waals surface area contributed by atoms with Crippen LogP contribution in [0.15, 0.2) is 36.7 Å². The highest BCUT2D eigenvalue weighted by Gasteiger charge is 2.35. The molecule has 21 heavy (non-hydrogen) atoms. The third-order valence-electron chi connectivity index (χ3n) is 3.66. The topological polar surface area (TPSA) is 49.0 Å². The van der Waals surface area contributed by atoms with Gasteiger partial charge in [0.1, 0.15) is 5.82 Å². The minimum absolute atomic E-state index is 0.0941. The van der Waals surface area contributed by atoms with Crippen molar-refractivity contribution in [2.75, 3.05) is 13.1 Å². The predicted molar refractivity (Wildman–Crippen MR) is 74.1 cm³/mol. The number of carbonyl (C=O) groups is 1. The molecule has 0 aliphatic carbocycles. The van der Waals surface area contributed by atoms with Gasteiger partial charge in [-0.05, 0) is 12.1 Å². The van der Waals surface area contributed by atoms with E-state index in [4.69, 9.17) is 0 Å². The molecule has 0 bridgehead atoms. The van der Waals surface area contributed by atoms with Crippen LogP contribution in [0, 0.1) is 0 Å². The van der Waals surface area contributed by atoms with Gasteiger partial charge in [-0.3, -0.25) is 4.79 Å². The predicted octanol–water partition coefficient (Wildman–Crippen LogP) is 2.95. The molecule has 3 rings (SSSR count). The first kappa shape index (κ1) is 13.7. The zero-order valence-electron chi connectivity index (χ0n) is 11.4. The Hall–Kier alpha value is -2.24. The summed E-state index contributed by atoms with van der Waals surface area (Å²) in [5.41, 5.74) is 1.29. The van der Waals surface area contributed by atoms with Crippen LogP contribution in [0.4, 0.5) is 8.78 Å². The van der Waals surface area contributed by atoms with Gasteiger partial charge in [-0.1, -0.05) is 12.1 Å². The number of nitrogens with one attached hydrogen (secondary N) is 1. The third-order valence-corrected chi connectivity index (χ3v) is 3.66. The van der Waals surface area contributed by atoms with Gasteiger partial charge < -0.3 is 9.88 Å². The Bertz CT molecular complexity index is 630. The number of piperidine rings is 1. The molecule has 0 spiro atoms. The Morgan fingerprint density at radius 2 is 2.05 bits per heavy atom. The third kappa shape index (κ3) is 2.94. The highest BCUT2D eigenvalue weighted by molar-refractivity contribution is 5.95. The first-order valence-electron chi connectivity index (χ1n) is 6.82. The lowest BCUT2D eigenvalue weighted by molar-refractivity contribution is -0.0494. The van der Waals surface area contributed by atoms with Crippen LogP contribution < -0.4 is 0 Å². The SMILES string of the molecule is O=C(c1cccc(-c2ncc[nH]2)c1)N1CCC(F)(F)CC1. The van der Waals surface area contributed by atoms with Gasteiger partial charge in [0, 0.05) is 49.5 Å². The van der Waals surface area contributed by atoms with E-state index in [2.05, 4.69) is 9.97 Å². The molecule has 1 aliphatic heterocycles. The molecule has 1 amide bonds. The molecule has 0 atom stereocenters. The number of aromatic amines is 1. The summed E-state index contributed by atoms with van der Waals surface area (Å²) in [5.74, 6) is -2.18. The summed E-state index contributed by atoms with van der Waals surface area (Å²) in [7, 11) is 0. The van der Waals surface area contributed by atoms with E-state index in [0.29, 0.717) is 11.4 Å². The van der Waals surface area contributed by atoms with E-state index in [0.717, 1.165) is 5.56 Å². The van der Waals surface area contributed by atoms with Crippen molar-refractivity contribution in [2.24, 2.45) is 0 Å². The number of likely N-dealkylation sites (tertiary alicyclic amines) is 1. The fourth-order valence-electron chi connectivity index (χ4n) is 2.44. The number of halogens is 2. The Balaban J connectivity index is 1.78. The first-order chi connectivity index (χ1) is 10.1. The van der Waals surface area contributed by atoms with Gasteiger partial charge in [0.15, 0.2) is 0 Å². The molecule has 0 saturated carbocycles. The number of aromatic nitrogens is 2. The van der Waals surface area contributed by atoms with Crippen molar-refractivity contribution in [1.29, 1.82) is 0 Å². The average Bonchev–Trinajstić information content (AvgIpc) is 3.01. The molecule has 1 N–H and O–H groups in total. The van der Waals surface area contributed by atoms with Gasteiger partial charge in [0.05, 0.1) is 0 Å². The lowest BCUT2D eigenvalue weighted by Crippen LogP contribution is -2.42. The number of imidazole rings is 1. The fourth-order valence-corrected chi connectivity index (χ4v) is 2.44. The zero-order valence-corrected chi connectivity index (χ0v) is 11.4. The highest BCUT2D eigenvalue weighted by atomic mass is 19.3. The molecule has 6 heteroatoms. The summed E-state index contributed by atoms with van der Waals surface area (Å²) < 4.78 is 26.3. The summed E-state index contributed by atoms with van der Waals surface area (Å²) >= 11 is 0. The molecule has 0 radical (unpaired) electrons. The lowest BCUT2D eigenvalue weighted by Gasteiger charge is -2.31. The maximum absolute atomic E-state index is 13.1. The standard InChI is InChI=1S/C15H15F2N3O/c16-15(17)4-8-20(9-5-15)14(21)12-3-1-2-11(10-12)13-18-6-7-19-13/h1-3,6-7,10H,4-5,8-9H2,(H,18,19). The zero-order chi connectivity index (χ0) is 14.9. The minimum Gasteiger partial charge on any atom is -0.345 e. The molecule has 1 aromatic carbocycles. The Morgan fingerprint density at radius 3 is 2.71 bits per heavy atom.